The van der Waals surface area contributed by atoms with Crippen LogP contribution in [0.1, 0.15) is 44.2 Å². The summed E-state index contributed by atoms with van der Waals surface area (Å²) in [5.74, 6) is 1.56. The van der Waals surface area contributed by atoms with E-state index in [4.69, 9.17) is 5.73 Å². The van der Waals surface area contributed by atoms with Gasteiger partial charge in [-0.05, 0) is 42.4 Å². The van der Waals surface area contributed by atoms with E-state index in [1.165, 1.54) is 31.2 Å². The van der Waals surface area contributed by atoms with E-state index >= 15 is 0 Å². The summed E-state index contributed by atoms with van der Waals surface area (Å²) in [5, 5.41) is 0. The van der Waals surface area contributed by atoms with Crippen molar-refractivity contribution in [2.45, 2.75) is 38.6 Å². The third kappa shape index (κ3) is 2.57. The number of nitrogens with two attached hydrogens (primary N) is 1. The van der Waals surface area contributed by atoms with Crippen molar-refractivity contribution >= 4 is 0 Å². The van der Waals surface area contributed by atoms with E-state index in [1.807, 2.05) is 24.5 Å². The molecule has 0 aliphatic heterocycles. The van der Waals surface area contributed by atoms with Gasteiger partial charge < -0.3 is 5.73 Å². The molecule has 0 bridgehead atoms. The zero-order chi connectivity index (χ0) is 10.7. The van der Waals surface area contributed by atoms with Gasteiger partial charge in [0.15, 0.2) is 0 Å². The monoisotopic (exact) mass is 204 g/mol. The molecule has 2 nitrogen and oxygen atoms in total. The van der Waals surface area contributed by atoms with Crippen molar-refractivity contribution in [3.05, 3.63) is 30.1 Å². The molecule has 0 amide bonds. The summed E-state index contributed by atoms with van der Waals surface area (Å²) in [6, 6.07) is 4.30. The minimum absolute atomic E-state index is 0.209. The largest absolute Gasteiger partial charge is 0.324 e. The molecule has 1 aromatic rings. The molecule has 15 heavy (non-hydrogen) atoms. The lowest BCUT2D eigenvalue weighted by Gasteiger charge is -2.30. The van der Waals surface area contributed by atoms with E-state index in [0.29, 0.717) is 5.92 Å². The fourth-order valence-corrected chi connectivity index (χ4v) is 2.50. The van der Waals surface area contributed by atoms with Crippen LogP contribution >= 0.6 is 0 Å². The lowest BCUT2D eigenvalue weighted by Crippen LogP contribution is -2.25. The van der Waals surface area contributed by atoms with Crippen LogP contribution in [-0.4, -0.2) is 4.98 Å². The molecule has 2 heteroatoms. The third-order valence-electron chi connectivity index (χ3n) is 3.66. The summed E-state index contributed by atoms with van der Waals surface area (Å²) >= 11 is 0. The first-order valence-electron chi connectivity index (χ1n) is 5.93. The van der Waals surface area contributed by atoms with Gasteiger partial charge in [-0.3, -0.25) is 4.98 Å². The van der Waals surface area contributed by atoms with Gasteiger partial charge >= 0.3 is 0 Å². The highest BCUT2D eigenvalue weighted by molar-refractivity contribution is 5.15. The Balaban J connectivity index is 1.99. The molecule has 1 aromatic heterocycles. The third-order valence-corrected chi connectivity index (χ3v) is 3.66. The molecule has 1 aliphatic carbocycles. The summed E-state index contributed by atoms with van der Waals surface area (Å²) < 4.78 is 0. The highest BCUT2D eigenvalue weighted by Crippen LogP contribution is 2.35. The second-order valence-electron chi connectivity index (χ2n) is 4.83. The van der Waals surface area contributed by atoms with Gasteiger partial charge in [-0.2, -0.15) is 0 Å². The van der Waals surface area contributed by atoms with Crippen LogP contribution in [0.3, 0.4) is 0 Å². The molecule has 1 atom stereocenters. The average molecular weight is 204 g/mol. The van der Waals surface area contributed by atoms with Crippen molar-refractivity contribution in [3.8, 4) is 0 Å². The van der Waals surface area contributed by atoms with Gasteiger partial charge in [0, 0.05) is 18.4 Å². The van der Waals surface area contributed by atoms with E-state index in [0.717, 1.165) is 5.92 Å². The minimum Gasteiger partial charge on any atom is -0.324 e. The van der Waals surface area contributed by atoms with Gasteiger partial charge in [0.1, 0.15) is 0 Å². The van der Waals surface area contributed by atoms with Crippen LogP contribution in [0.4, 0.5) is 0 Å². The summed E-state index contributed by atoms with van der Waals surface area (Å²) in [5.41, 5.74) is 7.53. The molecule has 2 rings (SSSR count). The van der Waals surface area contributed by atoms with Crippen molar-refractivity contribution in [2.24, 2.45) is 17.6 Å². The van der Waals surface area contributed by atoms with Crippen molar-refractivity contribution in [3.63, 3.8) is 0 Å². The molecule has 0 unspecified atom stereocenters. The highest BCUT2D eigenvalue weighted by atomic mass is 14.7. The quantitative estimate of drug-likeness (QED) is 0.804. The Bertz CT molecular complexity index is 289. The highest BCUT2D eigenvalue weighted by Gasteiger charge is 2.24. The van der Waals surface area contributed by atoms with E-state index in [9.17, 15) is 0 Å². The molecular formula is C13H20N2. The smallest absolute Gasteiger partial charge is 0.0324 e. The van der Waals surface area contributed by atoms with E-state index in [2.05, 4.69) is 11.9 Å². The molecule has 0 radical (unpaired) electrons. The summed E-state index contributed by atoms with van der Waals surface area (Å²) in [6.07, 6.45) is 8.91. The predicted molar refractivity (Wildman–Crippen MR) is 62.3 cm³/mol. The molecule has 0 aromatic carbocycles. The van der Waals surface area contributed by atoms with Crippen LogP contribution < -0.4 is 5.73 Å². The minimum atomic E-state index is 0.209. The maximum Gasteiger partial charge on any atom is 0.0324 e. The molecule has 1 saturated carbocycles. The Kier molecular flexibility index (Phi) is 3.37. The van der Waals surface area contributed by atoms with Crippen molar-refractivity contribution in [1.29, 1.82) is 0 Å². The number of nitrogens with zero attached hydrogens (tertiary/aromatic N) is 1. The average Bonchev–Trinajstić information content (AvgIpc) is 2.30. The van der Waals surface area contributed by atoms with Crippen molar-refractivity contribution < 1.29 is 0 Å². The predicted octanol–water partition coefficient (Wildman–Crippen LogP) is 2.91. The van der Waals surface area contributed by atoms with E-state index < -0.39 is 0 Å². The molecular weight excluding hydrogens is 184 g/mol. The number of hydrogen-bond donors (Lipinski definition) is 1. The van der Waals surface area contributed by atoms with Gasteiger partial charge in [-0.25, -0.2) is 0 Å². The number of hydrogen-bond acceptors (Lipinski definition) is 2. The van der Waals surface area contributed by atoms with Crippen molar-refractivity contribution in [2.75, 3.05) is 0 Å². The number of aromatic nitrogens is 1. The normalized spacial score (nSPS) is 28.7. The van der Waals surface area contributed by atoms with Crippen molar-refractivity contribution in [1.82, 2.24) is 4.98 Å². The van der Waals surface area contributed by atoms with E-state index in [-0.39, 0.29) is 6.04 Å². The first-order valence-corrected chi connectivity index (χ1v) is 5.93. The lowest BCUT2D eigenvalue weighted by molar-refractivity contribution is 0.256. The number of pyridine rings is 1. The Hall–Kier alpha value is -0.890. The van der Waals surface area contributed by atoms with Crippen LogP contribution in [0, 0.1) is 11.8 Å². The maximum atomic E-state index is 6.29. The zero-order valence-corrected chi connectivity index (χ0v) is 9.39. The zero-order valence-electron chi connectivity index (χ0n) is 9.39. The molecule has 1 aliphatic rings. The van der Waals surface area contributed by atoms with Gasteiger partial charge in [0.2, 0.25) is 0 Å². The van der Waals surface area contributed by atoms with E-state index in [1.54, 1.807) is 0 Å². The molecule has 1 heterocycles. The topological polar surface area (TPSA) is 38.9 Å². The van der Waals surface area contributed by atoms with Crippen LogP contribution in [0.15, 0.2) is 24.5 Å². The maximum absolute atomic E-state index is 6.29. The van der Waals surface area contributed by atoms with Crippen LogP contribution in [0.5, 0.6) is 0 Å². The Morgan fingerprint density at radius 2 is 1.80 bits per heavy atom. The first-order chi connectivity index (χ1) is 7.27. The summed E-state index contributed by atoms with van der Waals surface area (Å²) in [6.45, 7) is 2.34. The van der Waals surface area contributed by atoms with Gasteiger partial charge in [0.25, 0.3) is 0 Å². The first kappa shape index (κ1) is 10.6. The molecule has 0 saturated heterocycles. The van der Waals surface area contributed by atoms with Crippen LogP contribution in [-0.2, 0) is 0 Å². The Morgan fingerprint density at radius 3 is 2.40 bits per heavy atom. The fraction of sp³-hybridized carbons (Fsp3) is 0.615. The lowest BCUT2D eigenvalue weighted by atomic mass is 9.78. The van der Waals surface area contributed by atoms with Gasteiger partial charge in [-0.15, -0.1) is 0 Å². The number of rotatable bonds is 2. The molecule has 0 spiro atoms. The Morgan fingerprint density at radius 1 is 1.20 bits per heavy atom. The summed E-state index contributed by atoms with van der Waals surface area (Å²) in [4.78, 5) is 4.03. The van der Waals surface area contributed by atoms with Gasteiger partial charge in [-0.1, -0.05) is 19.8 Å². The molecule has 2 N–H and O–H groups in total. The molecule has 82 valence electrons. The second kappa shape index (κ2) is 4.75. The van der Waals surface area contributed by atoms with Gasteiger partial charge in [0.05, 0.1) is 0 Å². The second-order valence-corrected chi connectivity index (χ2v) is 4.83. The fourth-order valence-electron chi connectivity index (χ4n) is 2.50. The molecule has 1 fully saturated rings. The SMILES string of the molecule is CC1CCC([C@H](N)c2ccncc2)CC1. The van der Waals surface area contributed by atoms with Crippen LogP contribution in [0.25, 0.3) is 0 Å². The summed E-state index contributed by atoms with van der Waals surface area (Å²) in [7, 11) is 0. The standard InChI is InChI=1S/C13H20N2/c1-10-2-4-11(5-3-10)13(14)12-6-8-15-9-7-12/h6-11,13H,2-5,14H2,1H3/t10?,11?,13-/m0/s1. The van der Waals surface area contributed by atoms with Crippen LogP contribution in [0.2, 0.25) is 0 Å². The Labute approximate surface area is 91.9 Å².